The molecule has 796 valence electrons. The molecule has 4 aliphatic heterocycles. The average Bonchev–Trinajstić information content (AvgIpc) is 1.66. The number of benzene rings is 4. The normalized spacial score (nSPS) is 23.0. The lowest BCUT2D eigenvalue weighted by Crippen LogP contribution is -2.61. The van der Waals surface area contributed by atoms with Crippen LogP contribution in [0.2, 0.25) is 0 Å². The first-order chi connectivity index (χ1) is 69.5. The number of nitrogens with one attached hydrogen (secondary N) is 14. The number of unbranched alkanes of at least 4 members (excludes halogenated alkanes) is 2. The number of phenolic OH excluding ortho intramolecular Hbond substituents is 2. The van der Waals surface area contributed by atoms with Crippen molar-refractivity contribution in [1.29, 1.82) is 0 Å². The molecule has 0 bridgehead atoms. The van der Waals surface area contributed by atoms with Crippen molar-refractivity contribution in [3.63, 3.8) is 0 Å². The highest BCUT2D eigenvalue weighted by molar-refractivity contribution is 8.77. The van der Waals surface area contributed by atoms with Crippen molar-refractivity contribution in [3.8, 4) is 11.5 Å². The quantitative estimate of drug-likeness (QED) is 0.0146. The zero-order chi connectivity index (χ0) is 107. The van der Waals surface area contributed by atoms with Crippen LogP contribution in [-0.4, -0.2) is 309 Å². The lowest BCUT2D eigenvalue weighted by atomic mass is 10.0. The van der Waals surface area contributed by atoms with Crippen molar-refractivity contribution in [2.24, 2.45) is 57.3 Å². The number of phenols is 2. The Balaban J connectivity index is 0.000000396. The molecule has 0 aliphatic carbocycles. The summed E-state index contributed by atoms with van der Waals surface area (Å²) in [5, 5.41) is 55.5. The molecule has 4 saturated heterocycles. The van der Waals surface area contributed by atoms with E-state index in [2.05, 4.69) is 74.4 Å². The molecule has 4 aliphatic rings. The molecular weight excluding hydrogens is 1980 g/mol. The maximum absolute atomic E-state index is 14.6. The maximum Gasteiger partial charge on any atom is 0.246 e. The van der Waals surface area contributed by atoms with E-state index in [1.54, 1.807) is 60.7 Å². The molecule has 54 heteroatoms. The number of primary amides is 6. The number of carbonyl (C=O) groups excluding carboxylic acids is 22. The Kier molecular flexibility index (Phi) is 50.0. The van der Waals surface area contributed by atoms with E-state index in [4.69, 9.17) is 57.3 Å². The second-order valence-corrected chi connectivity index (χ2v) is 40.0. The molecule has 8 rings (SSSR count). The number of amides is 22. The molecule has 0 spiro atoms. The van der Waals surface area contributed by atoms with Crippen molar-refractivity contribution in [3.05, 3.63) is 131 Å². The molecule has 0 aromatic heterocycles. The minimum atomic E-state index is -1.78. The summed E-state index contributed by atoms with van der Waals surface area (Å²) < 4.78 is 0. The molecule has 146 heavy (non-hydrogen) atoms. The largest absolute Gasteiger partial charge is 0.508 e. The van der Waals surface area contributed by atoms with E-state index < -0.39 is 278 Å². The Morgan fingerprint density at radius 3 is 0.945 bits per heavy atom. The van der Waals surface area contributed by atoms with Crippen molar-refractivity contribution >= 4 is 173 Å². The minimum absolute atomic E-state index is 0.0324. The topological polar surface area (TPSA) is 851 Å². The minimum Gasteiger partial charge on any atom is -0.508 e. The van der Waals surface area contributed by atoms with E-state index in [0.29, 0.717) is 73.9 Å². The number of rotatable bonds is 38. The zero-order valence-electron chi connectivity index (χ0n) is 80.0. The van der Waals surface area contributed by atoms with Gasteiger partial charge < -0.3 is 152 Å². The Labute approximate surface area is 855 Å². The van der Waals surface area contributed by atoms with E-state index in [1.165, 1.54) is 58.3 Å². The summed E-state index contributed by atoms with van der Waals surface area (Å²) >= 11 is 0. The lowest BCUT2D eigenvalue weighted by molar-refractivity contribution is -0.142. The van der Waals surface area contributed by atoms with Gasteiger partial charge in [-0.3, -0.25) is 105 Å². The second-order valence-electron chi connectivity index (χ2n) is 34.9. The summed E-state index contributed by atoms with van der Waals surface area (Å²) in [4.78, 5) is 298. The number of hydrogen-bond acceptors (Lipinski definition) is 32. The summed E-state index contributed by atoms with van der Waals surface area (Å²) in [5.74, 6) is -20.0. The van der Waals surface area contributed by atoms with E-state index >= 15 is 0 Å². The number of nitrogens with zero attached hydrogens (tertiary/aromatic N) is 2. The molecule has 4 aromatic carbocycles. The molecule has 50 nitrogen and oxygen atoms in total. The van der Waals surface area contributed by atoms with E-state index in [0.717, 1.165) is 43.2 Å². The lowest BCUT2D eigenvalue weighted by Gasteiger charge is -2.31. The smallest absolute Gasteiger partial charge is 0.246 e. The molecular formula is C92H130N26O24S4. The van der Waals surface area contributed by atoms with E-state index in [-0.39, 0.29) is 99.0 Å². The van der Waals surface area contributed by atoms with Gasteiger partial charge in [0.15, 0.2) is 0 Å². The molecule has 0 unspecified atom stereocenters. The predicted molar refractivity (Wildman–Crippen MR) is 537 cm³/mol. The SMILES string of the molecule is NCCCC[C@H](NC(=O)[C@@H]1CCCN1C(=O)[C@@H]1CSSC[C@H](N)C(=O)N[C@@H](Cc2ccc(O)cc2)C(=O)N[C@@H](Cc2ccccc2)C(=O)N[C@@H](CCC(N)=O)C(=O)N[C@@H](CC(N)=O)C(=O)N1)C(=O)NCC(N)=O.NCCCC[C@H](NC(=O)[C@@H]1CCCN1C(=O)[C@@H]1CSSC[C@H](N)C(=O)N[C@@H](Cc2ccc(O)cc2)C(=O)N[C@@H](Cc2ccccc2)C(=O)N[C@@H](CCC(N)=O)C(=O)N[C@@H](CC(N)=O)C(=O)N1)C(=O)NCC(N)=O. The highest BCUT2D eigenvalue weighted by Crippen LogP contribution is 2.29. The molecule has 0 saturated carbocycles. The number of likely N-dealkylation sites (tertiary alicyclic amines) is 2. The third-order valence-electron chi connectivity index (χ3n) is 23.3. The highest BCUT2D eigenvalue weighted by atomic mass is 33.1. The first-order valence-corrected chi connectivity index (χ1v) is 52.0. The van der Waals surface area contributed by atoms with Gasteiger partial charge in [0, 0.05) is 74.6 Å². The predicted octanol–water partition coefficient (Wildman–Crippen LogP) is -8.66. The van der Waals surface area contributed by atoms with E-state index in [9.17, 15) is 116 Å². The van der Waals surface area contributed by atoms with Gasteiger partial charge in [0.05, 0.1) is 38.0 Å². The van der Waals surface area contributed by atoms with Gasteiger partial charge in [0.2, 0.25) is 130 Å². The number of carbonyl (C=O) groups is 22. The van der Waals surface area contributed by atoms with Crippen molar-refractivity contribution < 1.29 is 116 Å². The van der Waals surface area contributed by atoms with Crippen molar-refractivity contribution in [2.45, 2.75) is 225 Å². The van der Waals surface area contributed by atoms with E-state index in [1.807, 2.05) is 0 Å². The fourth-order valence-electron chi connectivity index (χ4n) is 15.6. The van der Waals surface area contributed by atoms with Gasteiger partial charge in [-0.2, -0.15) is 0 Å². The number of hydrogen-bond donors (Lipinski definition) is 26. The molecule has 22 amide bonds. The Morgan fingerprint density at radius 2 is 0.637 bits per heavy atom. The van der Waals surface area contributed by atoms with Gasteiger partial charge in [-0.05, 0) is 137 Å². The summed E-state index contributed by atoms with van der Waals surface area (Å²) in [6, 6.07) is 6.18. The Morgan fingerprint density at radius 1 is 0.349 bits per heavy atom. The van der Waals surface area contributed by atoms with Crippen molar-refractivity contribution in [2.75, 3.05) is 62.3 Å². The van der Waals surface area contributed by atoms with Crippen LogP contribution < -0.4 is 132 Å². The summed E-state index contributed by atoms with van der Waals surface area (Å²) in [6.07, 6.45) is -0.773. The van der Waals surface area contributed by atoms with Gasteiger partial charge in [-0.1, -0.05) is 128 Å². The third kappa shape index (κ3) is 40.9. The van der Waals surface area contributed by atoms with Gasteiger partial charge in [-0.15, -0.1) is 0 Å². The third-order valence-corrected chi connectivity index (χ3v) is 28.2. The van der Waals surface area contributed by atoms with Crippen LogP contribution in [0.4, 0.5) is 0 Å². The fraction of sp³-hybridized carbons (Fsp3) is 0.500. The van der Waals surface area contributed by atoms with Crippen LogP contribution in [0.5, 0.6) is 11.5 Å². The maximum atomic E-state index is 14.6. The molecule has 0 radical (unpaired) electrons. The fourth-order valence-corrected chi connectivity index (χ4v) is 20.1. The first kappa shape index (κ1) is 119. The van der Waals surface area contributed by atoms with Crippen LogP contribution in [0.1, 0.15) is 125 Å². The molecule has 36 N–H and O–H groups in total. The number of nitrogens with two attached hydrogens (primary N) is 10. The molecule has 16 atom stereocenters. The first-order valence-electron chi connectivity index (χ1n) is 47.1. The van der Waals surface area contributed by atoms with Gasteiger partial charge in [-0.25, -0.2) is 0 Å². The standard InChI is InChI=1S/2C46H65N13O12S2/c2*47-17-5-4-9-29(40(65)52-22-38(51)63)54-45(70)35-10-6-18-59(35)46(71)34-24-73-72-23-28(48)39(64)55-31(20-26-11-13-27(60)14-12-26)43(68)56-32(19-25-7-2-1-3-8-25)42(67)53-30(15-16-36(49)61)41(66)57-33(21-37(50)62)44(69)58-34/h2*1-3,7-8,11-14,28-35,60H,4-6,9-10,15-24,47-48H2,(H2,49,61)(H2,50,62)(H2,51,63)(H,52,65)(H,53,67)(H,54,70)(H,55,64)(H,56,68)(H,57,66)(H,58,69)/t2*28-,29-,30-,31-,32-,33-,34-,35-/m00/s1. The van der Waals surface area contributed by atoms with Crippen LogP contribution in [0.3, 0.4) is 0 Å². The Hall–Kier alpha value is -13.9. The second kappa shape index (κ2) is 61.4. The summed E-state index contributed by atoms with van der Waals surface area (Å²) in [6.45, 7) is -0.295. The highest BCUT2D eigenvalue weighted by Gasteiger charge is 2.45. The summed E-state index contributed by atoms with van der Waals surface area (Å²) in [7, 11) is 4.05. The van der Waals surface area contributed by atoms with Crippen LogP contribution in [0, 0.1) is 0 Å². The van der Waals surface area contributed by atoms with Crippen LogP contribution in [-0.2, 0) is 131 Å². The van der Waals surface area contributed by atoms with Gasteiger partial charge >= 0.3 is 0 Å². The van der Waals surface area contributed by atoms with Crippen LogP contribution in [0.25, 0.3) is 0 Å². The van der Waals surface area contributed by atoms with Crippen LogP contribution >= 0.6 is 43.2 Å². The van der Waals surface area contributed by atoms with Gasteiger partial charge in [0.1, 0.15) is 96.1 Å². The van der Waals surface area contributed by atoms with Crippen LogP contribution in [0.15, 0.2) is 109 Å². The molecule has 4 heterocycles. The average molecular weight is 2110 g/mol. The summed E-state index contributed by atoms with van der Waals surface area (Å²) in [5.41, 5.74) is 58.5. The molecule has 4 fully saturated rings. The van der Waals surface area contributed by atoms with Crippen molar-refractivity contribution in [1.82, 2.24) is 84.2 Å². The molecule has 4 aromatic rings. The Bertz CT molecular complexity index is 4910. The zero-order valence-corrected chi connectivity index (χ0v) is 83.3. The monoisotopic (exact) mass is 2110 g/mol. The van der Waals surface area contributed by atoms with Gasteiger partial charge in [0.25, 0.3) is 0 Å². The number of aromatic hydroxyl groups is 2.